The molecule has 0 amide bonds. The van der Waals surface area contributed by atoms with Gasteiger partial charge in [0.1, 0.15) is 11.4 Å². The van der Waals surface area contributed by atoms with Crippen molar-refractivity contribution in [2.45, 2.75) is 0 Å². The Morgan fingerprint density at radius 2 is 1.79 bits per heavy atom. The van der Waals surface area contributed by atoms with Gasteiger partial charge in [-0.2, -0.15) is 0 Å². The first-order valence-corrected chi connectivity index (χ1v) is 7.72. The van der Waals surface area contributed by atoms with E-state index in [2.05, 4.69) is 28.2 Å². The number of nitrogens with one attached hydrogen (secondary N) is 1. The van der Waals surface area contributed by atoms with Crippen LogP contribution in [0.25, 0.3) is 33.3 Å². The van der Waals surface area contributed by atoms with Crippen molar-refractivity contribution in [2.75, 3.05) is 12.8 Å². The van der Waals surface area contributed by atoms with Crippen molar-refractivity contribution in [2.24, 2.45) is 0 Å². The number of pyridine rings is 1. The van der Waals surface area contributed by atoms with Crippen LogP contribution in [0.3, 0.4) is 0 Å². The van der Waals surface area contributed by atoms with E-state index in [9.17, 15) is 0 Å². The van der Waals surface area contributed by atoms with Gasteiger partial charge in [-0.05, 0) is 29.3 Å². The molecular weight excluding hydrogens is 298 g/mol. The van der Waals surface area contributed by atoms with Gasteiger partial charge in [0.25, 0.3) is 0 Å². The fourth-order valence-corrected chi connectivity index (χ4v) is 2.91. The fourth-order valence-electron chi connectivity index (χ4n) is 2.91. The SMILES string of the molecule is COc1cc(-c2cnc3[nH]cc(-c4ccccc4)c3c2)ccc1N. The van der Waals surface area contributed by atoms with Gasteiger partial charge < -0.3 is 15.5 Å². The van der Waals surface area contributed by atoms with E-state index in [0.717, 1.165) is 33.3 Å². The molecule has 0 spiro atoms. The molecule has 0 aliphatic carbocycles. The predicted molar refractivity (Wildman–Crippen MR) is 97.9 cm³/mol. The molecule has 0 aliphatic rings. The highest BCUT2D eigenvalue weighted by Gasteiger charge is 2.10. The lowest BCUT2D eigenvalue weighted by Crippen LogP contribution is -1.92. The van der Waals surface area contributed by atoms with Crippen LogP contribution in [0.4, 0.5) is 5.69 Å². The number of benzene rings is 2. The second kappa shape index (κ2) is 5.74. The van der Waals surface area contributed by atoms with Gasteiger partial charge in [0, 0.05) is 28.9 Å². The van der Waals surface area contributed by atoms with Crippen molar-refractivity contribution in [3.8, 4) is 28.0 Å². The summed E-state index contributed by atoms with van der Waals surface area (Å²) in [6, 6.07) is 18.2. The van der Waals surface area contributed by atoms with E-state index in [1.54, 1.807) is 7.11 Å². The molecule has 0 saturated heterocycles. The van der Waals surface area contributed by atoms with Crippen molar-refractivity contribution >= 4 is 16.7 Å². The Hall–Kier alpha value is -3.27. The largest absolute Gasteiger partial charge is 0.495 e. The molecule has 0 saturated carbocycles. The summed E-state index contributed by atoms with van der Waals surface area (Å²) in [6.45, 7) is 0. The third-order valence-electron chi connectivity index (χ3n) is 4.18. The number of fused-ring (bicyclic) bond motifs is 1. The Bertz CT molecular complexity index is 1010. The van der Waals surface area contributed by atoms with Crippen molar-refractivity contribution in [3.05, 3.63) is 67.0 Å². The fraction of sp³-hybridized carbons (Fsp3) is 0.0500. The molecule has 4 nitrogen and oxygen atoms in total. The molecule has 0 unspecified atom stereocenters. The standard InChI is InChI=1S/C20H17N3O/c1-24-19-10-14(7-8-18(19)21)15-9-16-17(12-23-20(16)22-11-15)13-5-3-2-4-6-13/h2-12H,21H2,1H3,(H,22,23). The summed E-state index contributed by atoms with van der Waals surface area (Å²) >= 11 is 0. The summed E-state index contributed by atoms with van der Waals surface area (Å²) in [4.78, 5) is 7.80. The van der Waals surface area contributed by atoms with Crippen LogP contribution < -0.4 is 10.5 Å². The lowest BCUT2D eigenvalue weighted by molar-refractivity contribution is 0.417. The molecule has 4 heteroatoms. The number of anilines is 1. The summed E-state index contributed by atoms with van der Waals surface area (Å²) in [5.74, 6) is 0.671. The molecule has 2 heterocycles. The number of rotatable bonds is 3. The lowest BCUT2D eigenvalue weighted by atomic mass is 10.0. The molecule has 4 aromatic rings. The zero-order valence-corrected chi connectivity index (χ0v) is 13.3. The number of hydrogen-bond acceptors (Lipinski definition) is 3. The van der Waals surface area contributed by atoms with Crippen LogP contribution in [0.5, 0.6) is 5.75 Å². The minimum absolute atomic E-state index is 0.627. The average molecular weight is 315 g/mol. The predicted octanol–water partition coefficient (Wildman–Crippen LogP) is 4.49. The topological polar surface area (TPSA) is 63.9 Å². The van der Waals surface area contributed by atoms with Gasteiger partial charge in [0.05, 0.1) is 12.8 Å². The van der Waals surface area contributed by atoms with Gasteiger partial charge in [-0.1, -0.05) is 36.4 Å². The van der Waals surface area contributed by atoms with Crippen LogP contribution in [0.1, 0.15) is 0 Å². The van der Waals surface area contributed by atoms with E-state index in [1.807, 2.05) is 48.8 Å². The molecule has 0 fully saturated rings. The monoisotopic (exact) mass is 315 g/mol. The molecule has 0 bridgehead atoms. The van der Waals surface area contributed by atoms with Crippen molar-refractivity contribution in [1.29, 1.82) is 0 Å². The van der Waals surface area contributed by atoms with Crippen molar-refractivity contribution < 1.29 is 4.74 Å². The number of nitrogen functional groups attached to an aromatic ring is 1. The molecule has 2 aromatic heterocycles. The van der Waals surface area contributed by atoms with Gasteiger partial charge in [-0.25, -0.2) is 4.98 Å². The van der Waals surface area contributed by atoms with Crippen LogP contribution in [0.2, 0.25) is 0 Å². The van der Waals surface area contributed by atoms with Gasteiger partial charge >= 0.3 is 0 Å². The second-order valence-corrected chi connectivity index (χ2v) is 5.65. The molecule has 0 aliphatic heterocycles. The highest BCUT2D eigenvalue weighted by molar-refractivity contribution is 5.95. The normalized spacial score (nSPS) is 10.9. The van der Waals surface area contributed by atoms with Crippen LogP contribution in [-0.2, 0) is 0 Å². The maximum atomic E-state index is 5.91. The summed E-state index contributed by atoms with van der Waals surface area (Å²) in [6.07, 6.45) is 3.86. The zero-order chi connectivity index (χ0) is 16.5. The molecular formula is C20H17N3O. The third-order valence-corrected chi connectivity index (χ3v) is 4.18. The summed E-state index contributed by atoms with van der Waals surface area (Å²) in [5.41, 5.74) is 11.8. The van der Waals surface area contributed by atoms with E-state index in [0.29, 0.717) is 11.4 Å². The van der Waals surface area contributed by atoms with Crippen LogP contribution in [-0.4, -0.2) is 17.1 Å². The molecule has 24 heavy (non-hydrogen) atoms. The zero-order valence-electron chi connectivity index (χ0n) is 13.3. The number of methoxy groups -OCH3 is 1. The Morgan fingerprint density at radius 1 is 0.958 bits per heavy atom. The maximum Gasteiger partial charge on any atom is 0.142 e. The number of nitrogens with zero attached hydrogens (tertiary/aromatic N) is 1. The molecule has 118 valence electrons. The lowest BCUT2D eigenvalue weighted by Gasteiger charge is -2.08. The van der Waals surface area contributed by atoms with E-state index in [1.165, 1.54) is 0 Å². The Labute approximate surface area is 139 Å². The third kappa shape index (κ3) is 2.38. The molecule has 2 aromatic carbocycles. The molecule has 4 rings (SSSR count). The highest BCUT2D eigenvalue weighted by atomic mass is 16.5. The first-order valence-electron chi connectivity index (χ1n) is 7.72. The van der Waals surface area contributed by atoms with Crippen molar-refractivity contribution in [3.63, 3.8) is 0 Å². The minimum Gasteiger partial charge on any atom is -0.495 e. The Balaban J connectivity index is 1.86. The maximum absolute atomic E-state index is 5.91. The van der Waals surface area contributed by atoms with E-state index < -0.39 is 0 Å². The highest BCUT2D eigenvalue weighted by Crippen LogP contribution is 2.33. The van der Waals surface area contributed by atoms with Gasteiger partial charge in [0.2, 0.25) is 0 Å². The molecule has 3 N–H and O–H groups in total. The minimum atomic E-state index is 0.627. The van der Waals surface area contributed by atoms with E-state index in [-0.39, 0.29) is 0 Å². The average Bonchev–Trinajstić information content (AvgIpc) is 3.06. The Morgan fingerprint density at radius 3 is 2.58 bits per heavy atom. The van der Waals surface area contributed by atoms with Crippen molar-refractivity contribution in [1.82, 2.24) is 9.97 Å². The smallest absolute Gasteiger partial charge is 0.142 e. The van der Waals surface area contributed by atoms with E-state index in [4.69, 9.17) is 10.5 Å². The number of aromatic nitrogens is 2. The van der Waals surface area contributed by atoms with Gasteiger partial charge in [-0.15, -0.1) is 0 Å². The van der Waals surface area contributed by atoms with Crippen LogP contribution >= 0.6 is 0 Å². The summed E-state index contributed by atoms with van der Waals surface area (Å²) in [7, 11) is 1.62. The number of nitrogens with two attached hydrogens (primary N) is 1. The number of aromatic amines is 1. The first kappa shape index (κ1) is 14.3. The van der Waals surface area contributed by atoms with Crippen LogP contribution in [0, 0.1) is 0 Å². The van der Waals surface area contributed by atoms with E-state index >= 15 is 0 Å². The van der Waals surface area contributed by atoms with Gasteiger partial charge in [0.15, 0.2) is 0 Å². The first-order chi connectivity index (χ1) is 11.8. The summed E-state index contributed by atoms with van der Waals surface area (Å²) < 4.78 is 5.32. The van der Waals surface area contributed by atoms with Gasteiger partial charge in [-0.3, -0.25) is 0 Å². The molecule has 0 atom stereocenters. The summed E-state index contributed by atoms with van der Waals surface area (Å²) in [5, 5.41) is 1.09. The number of hydrogen-bond donors (Lipinski definition) is 2. The quantitative estimate of drug-likeness (QED) is 0.548. The number of ether oxygens (including phenoxy) is 1. The molecule has 0 radical (unpaired) electrons. The second-order valence-electron chi connectivity index (χ2n) is 5.65. The Kier molecular flexibility index (Phi) is 3.43. The number of H-pyrrole nitrogens is 1. The van der Waals surface area contributed by atoms with Crippen LogP contribution in [0.15, 0.2) is 67.0 Å².